The number of fused-ring (bicyclic) bond motifs is 1. The van der Waals surface area contributed by atoms with Crippen molar-refractivity contribution in [2.45, 2.75) is 49.1 Å². The van der Waals surface area contributed by atoms with Crippen LogP contribution in [0.2, 0.25) is 0 Å². The Bertz CT molecular complexity index is 567. The molecule has 0 aliphatic heterocycles. The van der Waals surface area contributed by atoms with E-state index >= 15 is 0 Å². The zero-order valence-electron chi connectivity index (χ0n) is 12.7. The average Bonchev–Trinajstić information content (AvgIpc) is 3.00. The summed E-state index contributed by atoms with van der Waals surface area (Å²) in [5.74, 6) is 0.605. The van der Waals surface area contributed by atoms with Crippen LogP contribution in [-0.4, -0.2) is 21.8 Å². The smallest absolute Gasteiger partial charge is 0.165 e. The minimum atomic E-state index is 0.410. The normalized spacial score (nSPS) is 24.8. The summed E-state index contributed by atoms with van der Waals surface area (Å²) in [6.45, 7) is 5.62. The van der Waals surface area contributed by atoms with Crippen LogP contribution in [0.1, 0.15) is 49.8 Å². The van der Waals surface area contributed by atoms with Gasteiger partial charge < -0.3 is 10.3 Å². The highest BCUT2D eigenvalue weighted by Gasteiger charge is 2.33. The Kier molecular flexibility index (Phi) is 4.66. The van der Waals surface area contributed by atoms with Crippen LogP contribution in [0.25, 0.3) is 0 Å². The fraction of sp³-hybridized carbons (Fsp3) is 0.471. The van der Waals surface area contributed by atoms with E-state index in [1.54, 1.807) is 0 Å². The van der Waals surface area contributed by atoms with E-state index in [1.165, 1.54) is 17.5 Å². The van der Waals surface area contributed by atoms with Crippen LogP contribution in [0.4, 0.5) is 0 Å². The minimum Gasteiger partial charge on any atom is -0.340 e. The maximum atomic E-state index is 4.39. The lowest BCUT2D eigenvalue weighted by Crippen LogP contribution is -2.35. The summed E-state index contributed by atoms with van der Waals surface area (Å²) in [6.07, 6.45) is 6.07. The summed E-state index contributed by atoms with van der Waals surface area (Å²) in [5, 5.41) is 5.29. The van der Waals surface area contributed by atoms with Crippen LogP contribution >= 0.6 is 11.8 Å². The van der Waals surface area contributed by atoms with Crippen LogP contribution in [0.5, 0.6) is 0 Å². The fourth-order valence-electron chi connectivity index (χ4n) is 3.17. The molecular weight excluding hydrogens is 278 g/mol. The lowest BCUT2D eigenvalue weighted by atomic mass is 9.80. The second kappa shape index (κ2) is 6.67. The molecule has 1 aromatic heterocycles. The standard InChI is InChI=1S/C17H23N3S/c1-3-8-18-16-14-7-5-4-6-13(14)12(2)11-15(16)21-17-19-9-10-20-17/h4-7,9-10,12,15-16,18H,3,8,11H2,1-2H3,(H,19,20). The number of aromatic amines is 1. The first-order chi connectivity index (χ1) is 10.3. The number of rotatable bonds is 5. The molecule has 1 aromatic carbocycles. The quantitative estimate of drug-likeness (QED) is 0.873. The van der Waals surface area contributed by atoms with E-state index in [-0.39, 0.29) is 0 Å². The van der Waals surface area contributed by atoms with Crippen LogP contribution in [0.15, 0.2) is 41.8 Å². The topological polar surface area (TPSA) is 40.7 Å². The van der Waals surface area contributed by atoms with Gasteiger partial charge in [-0.1, -0.05) is 49.9 Å². The summed E-state index contributed by atoms with van der Waals surface area (Å²) < 4.78 is 0. The third-order valence-electron chi connectivity index (χ3n) is 4.17. The van der Waals surface area contributed by atoms with E-state index < -0.39 is 0 Å². The first-order valence-electron chi connectivity index (χ1n) is 7.77. The number of thioether (sulfide) groups is 1. The van der Waals surface area contributed by atoms with Gasteiger partial charge in [-0.25, -0.2) is 4.98 Å². The number of imidazole rings is 1. The molecule has 4 heteroatoms. The molecule has 2 aromatic rings. The fourth-order valence-corrected chi connectivity index (χ4v) is 4.48. The molecule has 3 nitrogen and oxygen atoms in total. The number of nitrogens with zero attached hydrogens (tertiary/aromatic N) is 1. The Labute approximate surface area is 131 Å². The average molecular weight is 301 g/mol. The zero-order valence-corrected chi connectivity index (χ0v) is 13.5. The lowest BCUT2D eigenvalue weighted by molar-refractivity contribution is 0.444. The Morgan fingerprint density at radius 3 is 2.86 bits per heavy atom. The number of H-pyrrole nitrogens is 1. The number of hydrogen-bond acceptors (Lipinski definition) is 3. The Morgan fingerprint density at radius 2 is 2.14 bits per heavy atom. The first kappa shape index (κ1) is 14.7. The number of hydrogen-bond donors (Lipinski definition) is 2. The molecule has 0 spiro atoms. The number of benzene rings is 1. The maximum absolute atomic E-state index is 4.39. The molecule has 0 bridgehead atoms. The molecule has 0 amide bonds. The molecule has 0 radical (unpaired) electrons. The largest absolute Gasteiger partial charge is 0.340 e. The minimum absolute atomic E-state index is 0.410. The third-order valence-corrected chi connectivity index (χ3v) is 5.38. The Balaban J connectivity index is 1.88. The van der Waals surface area contributed by atoms with Gasteiger partial charge in [0.1, 0.15) is 0 Å². The molecule has 1 heterocycles. The molecule has 0 saturated carbocycles. The van der Waals surface area contributed by atoms with Crippen molar-refractivity contribution in [2.24, 2.45) is 0 Å². The highest BCUT2D eigenvalue weighted by molar-refractivity contribution is 7.99. The van der Waals surface area contributed by atoms with Gasteiger partial charge in [-0.15, -0.1) is 0 Å². The van der Waals surface area contributed by atoms with E-state index in [4.69, 9.17) is 0 Å². The predicted molar refractivity (Wildman–Crippen MR) is 88.7 cm³/mol. The van der Waals surface area contributed by atoms with E-state index in [9.17, 15) is 0 Å². The highest BCUT2D eigenvalue weighted by atomic mass is 32.2. The number of aromatic nitrogens is 2. The van der Waals surface area contributed by atoms with Crippen molar-refractivity contribution in [3.63, 3.8) is 0 Å². The third kappa shape index (κ3) is 3.16. The van der Waals surface area contributed by atoms with Crippen LogP contribution in [0.3, 0.4) is 0 Å². The van der Waals surface area contributed by atoms with Crippen LogP contribution < -0.4 is 5.32 Å². The Morgan fingerprint density at radius 1 is 1.33 bits per heavy atom. The summed E-state index contributed by atoms with van der Waals surface area (Å²) in [4.78, 5) is 7.61. The molecule has 0 saturated heterocycles. The van der Waals surface area contributed by atoms with E-state index in [0.29, 0.717) is 17.2 Å². The molecule has 2 N–H and O–H groups in total. The summed E-state index contributed by atoms with van der Waals surface area (Å²) in [6, 6.07) is 9.30. The Hall–Kier alpha value is -1.26. The summed E-state index contributed by atoms with van der Waals surface area (Å²) in [7, 11) is 0. The zero-order chi connectivity index (χ0) is 14.7. The van der Waals surface area contributed by atoms with E-state index in [0.717, 1.165) is 18.1 Å². The lowest BCUT2D eigenvalue weighted by Gasteiger charge is -2.36. The monoisotopic (exact) mass is 301 g/mol. The van der Waals surface area contributed by atoms with Gasteiger partial charge in [0.15, 0.2) is 5.16 Å². The van der Waals surface area contributed by atoms with E-state index in [1.807, 2.05) is 24.2 Å². The second-order valence-electron chi connectivity index (χ2n) is 5.75. The van der Waals surface area contributed by atoms with Crippen molar-refractivity contribution in [1.82, 2.24) is 15.3 Å². The van der Waals surface area contributed by atoms with Gasteiger partial charge in [0, 0.05) is 23.7 Å². The van der Waals surface area contributed by atoms with Gasteiger partial charge >= 0.3 is 0 Å². The van der Waals surface area contributed by atoms with Gasteiger partial charge in [-0.2, -0.15) is 0 Å². The predicted octanol–water partition coefficient (Wildman–Crippen LogP) is 4.12. The van der Waals surface area contributed by atoms with Crippen LogP contribution in [0, 0.1) is 0 Å². The summed E-state index contributed by atoms with van der Waals surface area (Å²) >= 11 is 1.87. The van der Waals surface area contributed by atoms with Gasteiger partial charge in [0.25, 0.3) is 0 Å². The first-order valence-corrected chi connectivity index (χ1v) is 8.65. The van der Waals surface area contributed by atoms with Crippen LogP contribution in [-0.2, 0) is 0 Å². The van der Waals surface area contributed by atoms with Crippen molar-refractivity contribution in [3.8, 4) is 0 Å². The van der Waals surface area contributed by atoms with Crippen molar-refractivity contribution in [3.05, 3.63) is 47.8 Å². The second-order valence-corrected chi connectivity index (χ2v) is 6.98. The summed E-state index contributed by atoms with van der Waals surface area (Å²) in [5.41, 5.74) is 2.97. The molecular formula is C17H23N3S. The molecule has 3 rings (SSSR count). The highest BCUT2D eigenvalue weighted by Crippen LogP contribution is 2.44. The van der Waals surface area contributed by atoms with Crippen molar-refractivity contribution in [2.75, 3.05) is 6.54 Å². The molecule has 1 aliphatic carbocycles. The molecule has 21 heavy (non-hydrogen) atoms. The van der Waals surface area contributed by atoms with Crippen molar-refractivity contribution < 1.29 is 0 Å². The van der Waals surface area contributed by atoms with Crippen molar-refractivity contribution >= 4 is 11.8 Å². The van der Waals surface area contributed by atoms with E-state index in [2.05, 4.69) is 53.4 Å². The molecule has 1 aliphatic rings. The molecule has 3 unspecified atom stereocenters. The molecule has 0 fully saturated rings. The van der Waals surface area contributed by atoms with Crippen molar-refractivity contribution in [1.29, 1.82) is 0 Å². The molecule has 3 atom stereocenters. The van der Waals surface area contributed by atoms with Gasteiger partial charge in [0.05, 0.1) is 0 Å². The number of nitrogens with one attached hydrogen (secondary N) is 2. The molecule has 112 valence electrons. The van der Waals surface area contributed by atoms with Gasteiger partial charge in [0.2, 0.25) is 0 Å². The van der Waals surface area contributed by atoms with Gasteiger partial charge in [-0.3, -0.25) is 0 Å². The van der Waals surface area contributed by atoms with Gasteiger partial charge in [-0.05, 0) is 36.4 Å². The SMILES string of the molecule is CCCNC1c2ccccc2C(C)CC1Sc1ncc[nH]1. The maximum Gasteiger partial charge on any atom is 0.165 e.